The summed E-state index contributed by atoms with van der Waals surface area (Å²) in [6.45, 7) is 5.13. The Morgan fingerprint density at radius 2 is 1.89 bits per heavy atom. The summed E-state index contributed by atoms with van der Waals surface area (Å²) in [6.07, 6.45) is 0. The molecule has 2 aromatic heterocycles. The molecule has 1 aromatic carbocycles. The third kappa shape index (κ3) is 2.76. The van der Waals surface area contributed by atoms with Crippen LogP contribution in [-0.4, -0.2) is 30.9 Å². The summed E-state index contributed by atoms with van der Waals surface area (Å²) in [6, 6.07) is 7.09. The van der Waals surface area contributed by atoms with E-state index >= 15 is 0 Å². The van der Waals surface area contributed by atoms with E-state index in [0.717, 1.165) is 11.3 Å². The molecule has 0 aliphatic carbocycles. The van der Waals surface area contributed by atoms with Gasteiger partial charge in [0, 0.05) is 18.6 Å². The smallest absolute Gasteiger partial charge is 0.297 e. The number of aryl methyl sites for hydroxylation is 1. The van der Waals surface area contributed by atoms with E-state index in [2.05, 4.69) is 10.1 Å². The van der Waals surface area contributed by atoms with Crippen LogP contribution in [0.5, 0.6) is 0 Å². The number of hydrogen-bond donors (Lipinski definition) is 0. The van der Waals surface area contributed by atoms with Crippen LogP contribution in [0.15, 0.2) is 39.0 Å². The van der Waals surface area contributed by atoms with Gasteiger partial charge in [-0.2, -0.15) is 10.1 Å². The highest BCUT2D eigenvalue weighted by atomic mass is 35.5. The fourth-order valence-corrected chi connectivity index (χ4v) is 3.47. The van der Waals surface area contributed by atoms with Gasteiger partial charge in [-0.25, -0.2) is 9.80 Å². The summed E-state index contributed by atoms with van der Waals surface area (Å²) in [4.78, 5) is 30.6. The number of hydrazone groups is 1. The zero-order chi connectivity index (χ0) is 19.3. The molecule has 1 aliphatic heterocycles. The molecule has 0 unspecified atom stereocenters. The lowest BCUT2D eigenvalue weighted by atomic mass is 10.2. The Bertz CT molecular complexity index is 1190. The lowest BCUT2D eigenvalue weighted by molar-refractivity contribution is 0.653. The summed E-state index contributed by atoms with van der Waals surface area (Å²) in [5, 5.41) is 6.82. The van der Waals surface area contributed by atoms with E-state index in [4.69, 9.17) is 11.6 Å². The Balaban J connectivity index is 1.95. The quantitative estimate of drug-likeness (QED) is 0.687. The number of hydrogen-bond acceptors (Lipinski definition) is 5. The molecule has 0 fully saturated rings. The Labute approximate surface area is 159 Å². The van der Waals surface area contributed by atoms with E-state index < -0.39 is 5.69 Å². The van der Waals surface area contributed by atoms with Gasteiger partial charge in [-0.15, -0.1) is 0 Å². The van der Waals surface area contributed by atoms with Crippen molar-refractivity contribution in [3.8, 4) is 0 Å². The molecule has 0 bridgehead atoms. The van der Waals surface area contributed by atoms with Gasteiger partial charge in [-0.05, 0) is 31.5 Å². The molecular weight excluding hydrogens is 368 g/mol. The van der Waals surface area contributed by atoms with Gasteiger partial charge < -0.3 is 0 Å². The molecule has 0 saturated heterocycles. The molecule has 9 heteroatoms. The van der Waals surface area contributed by atoms with Crippen LogP contribution in [0.3, 0.4) is 0 Å². The maximum absolute atomic E-state index is 13.2. The first-order chi connectivity index (χ1) is 12.9. The van der Waals surface area contributed by atoms with Gasteiger partial charge in [0.05, 0.1) is 18.8 Å². The van der Waals surface area contributed by atoms with Crippen molar-refractivity contribution in [1.82, 2.24) is 18.7 Å². The molecule has 1 aliphatic rings. The second kappa shape index (κ2) is 6.38. The summed E-state index contributed by atoms with van der Waals surface area (Å²) in [5.41, 5.74) is 1.72. The standard InChI is InChI=1S/C18H19ClN6O2/c1-4-25-17-20-15-14(23(17)9-11(2)21-25)16(26)24(18(27)22(15)3)10-12-5-7-13(19)8-6-12/h5-8H,4,9-10H2,1-3H3. The van der Waals surface area contributed by atoms with Gasteiger partial charge in [0.2, 0.25) is 5.95 Å². The maximum Gasteiger partial charge on any atom is 0.332 e. The predicted molar refractivity (Wildman–Crippen MR) is 106 cm³/mol. The number of aromatic nitrogens is 4. The number of nitrogens with zero attached hydrogens (tertiary/aromatic N) is 6. The highest BCUT2D eigenvalue weighted by molar-refractivity contribution is 6.30. The van der Waals surface area contributed by atoms with Gasteiger partial charge >= 0.3 is 5.69 Å². The van der Waals surface area contributed by atoms with Gasteiger partial charge in [0.1, 0.15) is 0 Å². The van der Waals surface area contributed by atoms with Crippen LogP contribution in [0.25, 0.3) is 11.2 Å². The zero-order valence-electron chi connectivity index (χ0n) is 15.3. The molecule has 0 spiro atoms. The zero-order valence-corrected chi connectivity index (χ0v) is 16.1. The molecule has 27 heavy (non-hydrogen) atoms. The number of rotatable bonds is 3. The Kier molecular flexibility index (Phi) is 4.15. The van der Waals surface area contributed by atoms with Gasteiger partial charge in [-0.3, -0.25) is 18.5 Å². The number of anilines is 1. The van der Waals surface area contributed by atoms with E-state index in [1.54, 1.807) is 36.3 Å². The van der Waals surface area contributed by atoms with E-state index in [9.17, 15) is 9.59 Å². The third-order valence-electron chi connectivity index (χ3n) is 4.68. The number of imidazole rings is 1. The monoisotopic (exact) mass is 386 g/mol. The molecular formula is C18H19ClN6O2. The molecule has 0 saturated carbocycles. The van der Waals surface area contributed by atoms with Crippen molar-refractivity contribution >= 4 is 34.4 Å². The number of benzene rings is 1. The van der Waals surface area contributed by atoms with Crippen molar-refractivity contribution in [3.63, 3.8) is 0 Å². The van der Waals surface area contributed by atoms with E-state index in [1.807, 2.05) is 18.4 Å². The van der Waals surface area contributed by atoms with Crippen LogP contribution in [0.4, 0.5) is 5.95 Å². The minimum atomic E-state index is -0.404. The highest BCUT2D eigenvalue weighted by Crippen LogP contribution is 2.23. The van der Waals surface area contributed by atoms with Gasteiger partial charge in [0.15, 0.2) is 11.2 Å². The minimum Gasteiger partial charge on any atom is -0.297 e. The number of fused-ring (bicyclic) bond motifs is 3. The topological polar surface area (TPSA) is 77.4 Å². The lowest BCUT2D eigenvalue weighted by Crippen LogP contribution is -2.40. The first kappa shape index (κ1) is 17.5. The normalized spacial score (nSPS) is 13.8. The highest BCUT2D eigenvalue weighted by Gasteiger charge is 2.25. The summed E-state index contributed by atoms with van der Waals surface area (Å²) in [7, 11) is 1.63. The predicted octanol–water partition coefficient (Wildman–Crippen LogP) is 1.81. The Morgan fingerprint density at radius 3 is 2.56 bits per heavy atom. The van der Waals surface area contributed by atoms with Crippen LogP contribution in [-0.2, 0) is 20.1 Å². The van der Waals surface area contributed by atoms with E-state index in [-0.39, 0.29) is 12.1 Å². The maximum atomic E-state index is 13.2. The molecule has 3 heterocycles. The molecule has 140 valence electrons. The Morgan fingerprint density at radius 1 is 1.19 bits per heavy atom. The molecule has 0 amide bonds. The summed E-state index contributed by atoms with van der Waals surface area (Å²) < 4.78 is 4.49. The van der Waals surface area contributed by atoms with Crippen molar-refractivity contribution in [2.24, 2.45) is 12.1 Å². The van der Waals surface area contributed by atoms with Crippen LogP contribution < -0.4 is 16.3 Å². The molecule has 4 rings (SSSR count). The minimum absolute atomic E-state index is 0.170. The van der Waals surface area contributed by atoms with Gasteiger partial charge in [0.25, 0.3) is 5.56 Å². The van der Waals surface area contributed by atoms with E-state index in [1.165, 1.54) is 9.13 Å². The van der Waals surface area contributed by atoms with Crippen LogP contribution in [0.1, 0.15) is 19.4 Å². The fourth-order valence-electron chi connectivity index (χ4n) is 3.34. The fraction of sp³-hybridized carbons (Fsp3) is 0.333. The van der Waals surface area contributed by atoms with Crippen molar-refractivity contribution in [1.29, 1.82) is 0 Å². The molecule has 0 radical (unpaired) electrons. The summed E-state index contributed by atoms with van der Waals surface area (Å²) >= 11 is 5.92. The molecule has 3 aromatic rings. The third-order valence-corrected chi connectivity index (χ3v) is 4.93. The summed E-state index contributed by atoms with van der Waals surface area (Å²) in [5.74, 6) is 0.578. The second-order valence-corrected chi connectivity index (χ2v) is 7.02. The molecule has 0 N–H and O–H groups in total. The van der Waals surface area contributed by atoms with Crippen molar-refractivity contribution in [3.05, 3.63) is 55.7 Å². The van der Waals surface area contributed by atoms with Crippen LogP contribution in [0, 0.1) is 0 Å². The largest absolute Gasteiger partial charge is 0.332 e. The van der Waals surface area contributed by atoms with Crippen molar-refractivity contribution in [2.45, 2.75) is 26.9 Å². The first-order valence-corrected chi connectivity index (χ1v) is 9.04. The van der Waals surface area contributed by atoms with Crippen LogP contribution in [0.2, 0.25) is 5.02 Å². The van der Waals surface area contributed by atoms with Crippen molar-refractivity contribution < 1.29 is 0 Å². The first-order valence-electron chi connectivity index (χ1n) is 8.66. The SMILES string of the molecule is CCN1N=C(C)Cn2c1nc1c2c(=O)n(Cc2ccc(Cl)cc2)c(=O)n1C. The average Bonchev–Trinajstić information content (AvgIpc) is 3.04. The molecule has 0 atom stereocenters. The van der Waals surface area contributed by atoms with Crippen molar-refractivity contribution in [2.75, 3.05) is 11.6 Å². The second-order valence-electron chi connectivity index (χ2n) is 6.58. The lowest BCUT2D eigenvalue weighted by Gasteiger charge is -2.23. The number of halogens is 1. The average molecular weight is 387 g/mol. The van der Waals surface area contributed by atoms with Gasteiger partial charge in [-0.1, -0.05) is 23.7 Å². The van der Waals surface area contributed by atoms with E-state index in [0.29, 0.717) is 35.2 Å². The Hall–Kier alpha value is -2.87. The van der Waals surface area contributed by atoms with Crippen LogP contribution >= 0.6 is 11.6 Å². The molecule has 8 nitrogen and oxygen atoms in total.